The number of aliphatic hydroxyl groups excluding tert-OH is 1. The van der Waals surface area contributed by atoms with E-state index in [9.17, 15) is 14.7 Å². The lowest BCUT2D eigenvalue weighted by Gasteiger charge is -2.26. The molecule has 25 heavy (non-hydrogen) atoms. The Labute approximate surface area is 146 Å². The third-order valence-corrected chi connectivity index (χ3v) is 4.57. The van der Waals surface area contributed by atoms with Crippen molar-refractivity contribution in [3.63, 3.8) is 0 Å². The number of aliphatic hydroxyl groups is 1. The Morgan fingerprint density at radius 1 is 1.28 bits per heavy atom. The maximum absolute atomic E-state index is 12.3. The average Bonchev–Trinajstić information content (AvgIpc) is 2.87. The van der Waals surface area contributed by atoms with Crippen LogP contribution in [0.2, 0.25) is 0 Å². The Kier molecular flexibility index (Phi) is 5.19. The molecule has 7 nitrogen and oxygen atoms in total. The number of rotatable bonds is 6. The summed E-state index contributed by atoms with van der Waals surface area (Å²) in [6.45, 7) is 0.532. The van der Waals surface area contributed by atoms with Crippen molar-refractivity contribution in [2.45, 2.75) is 37.8 Å². The van der Waals surface area contributed by atoms with Crippen LogP contribution in [0.25, 0.3) is 0 Å². The lowest BCUT2D eigenvalue weighted by atomic mass is 10.0. The molecular weight excluding hydrogens is 322 g/mol. The van der Waals surface area contributed by atoms with E-state index in [4.69, 9.17) is 10.00 Å². The van der Waals surface area contributed by atoms with Gasteiger partial charge in [-0.2, -0.15) is 5.26 Å². The number of urea groups is 1. The van der Waals surface area contributed by atoms with Gasteiger partial charge in [-0.25, -0.2) is 4.79 Å². The number of hydrogen-bond acceptors (Lipinski definition) is 5. The van der Waals surface area contributed by atoms with E-state index in [1.165, 1.54) is 0 Å². The van der Waals surface area contributed by atoms with Gasteiger partial charge in [-0.15, -0.1) is 0 Å². The van der Waals surface area contributed by atoms with Crippen LogP contribution in [-0.4, -0.2) is 58.7 Å². The van der Waals surface area contributed by atoms with Crippen LogP contribution in [0.15, 0.2) is 24.3 Å². The molecule has 0 aromatic heterocycles. The second kappa shape index (κ2) is 7.53. The molecule has 1 aromatic carbocycles. The summed E-state index contributed by atoms with van der Waals surface area (Å²) in [6.07, 6.45) is 1.94. The van der Waals surface area contributed by atoms with E-state index in [0.29, 0.717) is 25.1 Å². The predicted octanol–water partition coefficient (Wildman–Crippen LogP) is 1.31. The molecule has 0 unspecified atom stereocenters. The van der Waals surface area contributed by atoms with Crippen LogP contribution in [0.3, 0.4) is 0 Å². The molecule has 2 aliphatic rings. The summed E-state index contributed by atoms with van der Waals surface area (Å²) < 4.78 is 5.50. The molecule has 7 heteroatoms. The Morgan fingerprint density at radius 3 is 2.72 bits per heavy atom. The van der Waals surface area contributed by atoms with E-state index in [2.05, 4.69) is 6.07 Å². The Bertz CT molecular complexity index is 659. The minimum absolute atomic E-state index is 0.0146. The van der Waals surface area contributed by atoms with Crippen molar-refractivity contribution in [3.05, 3.63) is 29.8 Å². The van der Waals surface area contributed by atoms with Crippen LogP contribution in [0.5, 0.6) is 5.75 Å². The Hall–Kier alpha value is -2.59. The number of fused-ring (bicyclic) bond motifs is 1. The number of carbonyl (C=O) groups is 2. The fourth-order valence-corrected chi connectivity index (χ4v) is 3.27. The van der Waals surface area contributed by atoms with E-state index in [1.54, 1.807) is 29.2 Å². The summed E-state index contributed by atoms with van der Waals surface area (Å²) in [7, 11) is 0. The van der Waals surface area contributed by atoms with E-state index in [0.717, 1.165) is 23.3 Å². The number of amides is 3. The van der Waals surface area contributed by atoms with E-state index in [-0.39, 0.29) is 31.1 Å². The molecular formula is C18H21N3O4. The van der Waals surface area contributed by atoms with Crippen molar-refractivity contribution in [2.24, 2.45) is 0 Å². The van der Waals surface area contributed by atoms with E-state index in [1.807, 2.05) is 0 Å². The summed E-state index contributed by atoms with van der Waals surface area (Å²) in [4.78, 5) is 27.4. The van der Waals surface area contributed by atoms with Crippen LogP contribution in [-0.2, 0) is 11.2 Å². The zero-order chi connectivity index (χ0) is 17.8. The van der Waals surface area contributed by atoms with Gasteiger partial charge in [0.05, 0.1) is 19.0 Å². The first-order valence-corrected chi connectivity index (χ1v) is 8.49. The lowest BCUT2D eigenvalue weighted by molar-refractivity contribution is -0.129. The van der Waals surface area contributed by atoms with Gasteiger partial charge in [-0.1, -0.05) is 12.1 Å². The molecule has 0 spiro atoms. The second-order valence-electron chi connectivity index (χ2n) is 6.38. The topological polar surface area (TPSA) is 93.9 Å². The molecule has 3 rings (SSSR count). The number of piperidine rings is 1. The molecule has 2 fully saturated rings. The van der Waals surface area contributed by atoms with Gasteiger partial charge in [-0.3, -0.25) is 9.69 Å². The van der Waals surface area contributed by atoms with Crippen LogP contribution >= 0.6 is 0 Å². The third kappa shape index (κ3) is 3.74. The summed E-state index contributed by atoms with van der Waals surface area (Å²) in [5.41, 5.74) is 0.889. The number of nitriles is 1. The highest BCUT2D eigenvalue weighted by Crippen LogP contribution is 2.26. The smallest absolute Gasteiger partial charge is 0.327 e. The number of β-amino-alcohol motifs (C(OH)–C–C–N with tert-alkyl or cyclic N) is 1. The number of hydrogen-bond donors (Lipinski definition) is 1. The molecule has 0 saturated carbocycles. The normalized spacial score (nSPS) is 21.0. The molecule has 2 atom stereocenters. The molecule has 1 N–H and O–H groups in total. The minimum atomic E-state index is -0.951. The van der Waals surface area contributed by atoms with Gasteiger partial charge in [0.1, 0.15) is 24.5 Å². The summed E-state index contributed by atoms with van der Waals surface area (Å²) >= 11 is 0. The number of nitrogens with zero attached hydrogens (tertiary/aromatic N) is 3. The second-order valence-corrected chi connectivity index (χ2v) is 6.38. The zero-order valence-electron chi connectivity index (χ0n) is 13.9. The maximum atomic E-state index is 12.3. The number of carbonyl (C=O) groups excluding carboxylic acids is 2. The highest BCUT2D eigenvalue weighted by molar-refractivity contribution is 6.04. The zero-order valence-corrected chi connectivity index (χ0v) is 13.9. The van der Waals surface area contributed by atoms with E-state index < -0.39 is 6.10 Å². The summed E-state index contributed by atoms with van der Waals surface area (Å²) in [5.74, 6) is 0.349. The van der Waals surface area contributed by atoms with Gasteiger partial charge in [0, 0.05) is 6.54 Å². The van der Waals surface area contributed by atoms with Crippen LogP contribution < -0.4 is 4.74 Å². The SMILES string of the molecule is N#CCc1ccc(OC[C@@H](O)CN2C(=O)[C@H]3CCCCN3C2=O)cc1. The van der Waals surface area contributed by atoms with Gasteiger partial charge in [0.15, 0.2) is 0 Å². The lowest BCUT2D eigenvalue weighted by Crippen LogP contribution is -2.40. The molecule has 2 saturated heterocycles. The maximum Gasteiger partial charge on any atom is 0.327 e. The first kappa shape index (κ1) is 17.2. The van der Waals surface area contributed by atoms with E-state index >= 15 is 0 Å². The number of ether oxygens (including phenoxy) is 1. The Balaban J connectivity index is 1.52. The van der Waals surface area contributed by atoms with Gasteiger partial charge in [0.25, 0.3) is 5.91 Å². The largest absolute Gasteiger partial charge is 0.491 e. The highest BCUT2D eigenvalue weighted by atomic mass is 16.5. The van der Waals surface area contributed by atoms with Crippen LogP contribution in [0, 0.1) is 11.3 Å². The standard InChI is InChI=1S/C18H21N3O4/c19-9-8-13-4-6-15(7-5-13)25-12-14(22)11-21-17(23)16-3-1-2-10-20(16)18(21)24/h4-7,14,16,22H,1-3,8,10-12H2/t14-,16+/m0/s1. The molecule has 0 aliphatic carbocycles. The van der Waals surface area contributed by atoms with Crippen LogP contribution in [0.1, 0.15) is 24.8 Å². The fraction of sp³-hybridized carbons (Fsp3) is 0.500. The molecule has 3 amide bonds. The molecule has 0 bridgehead atoms. The van der Waals surface area contributed by atoms with Crippen molar-refractivity contribution in [2.75, 3.05) is 19.7 Å². The highest BCUT2D eigenvalue weighted by Gasteiger charge is 2.46. The molecule has 2 heterocycles. The molecule has 0 radical (unpaired) electrons. The van der Waals surface area contributed by atoms with Crippen LogP contribution in [0.4, 0.5) is 4.79 Å². The number of imide groups is 1. The van der Waals surface area contributed by atoms with Crippen molar-refractivity contribution >= 4 is 11.9 Å². The van der Waals surface area contributed by atoms with Gasteiger partial charge in [-0.05, 0) is 37.0 Å². The van der Waals surface area contributed by atoms with Crippen molar-refractivity contribution in [1.29, 1.82) is 5.26 Å². The third-order valence-electron chi connectivity index (χ3n) is 4.57. The Morgan fingerprint density at radius 2 is 2.04 bits per heavy atom. The predicted molar refractivity (Wildman–Crippen MR) is 88.7 cm³/mol. The molecule has 132 valence electrons. The van der Waals surface area contributed by atoms with Crippen molar-refractivity contribution in [1.82, 2.24) is 9.80 Å². The first-order valence-electron chi connectivity index (χ1n) is 8.49. The number of benzene rings is 1. The minimum Gasteiger partial charge on any atom is -0.491 e. The molecule has 1 aromatic rings. The van der Waals surface area contributed by atoms with Crippen molar-refractivity contribution < 1.29 is 19.4 Å². The first-order chi connectivity index (χ1) is 12.1. The van der Waals surface area contributed by atoms with Crippen molar-refractivity contribution in [3.8, 4) is 11.8 Å². The van der Waals surface area contributed by atoms with Gasteiger partial charge >= 0.3 is 6.03 Å². The summed E-state index contributed by atoms with van der Waals surface area (Å²) in [5, 5.41) is 18.8. The van der Waals surface area contributed by atoms with Gasteiger partial charge in [0.2, 0.25) is 0 Å². The summed E-state index contributed by atoms with van der Waals surface area (Å²) in [6, 6.07) is 8.43. The average molecular weight is 343 g/mol. The fourth-order valence-electron chi connectivity index (χ4n) is 3.27. The monoisotopic (exact) mass is 343 g/mol. The quantitative estimate of drug-likeness (QED) is 0.786. The molecule has 2 aliphatic heterocycles. The van der Waals surface area contributed by atoms with Gasteiger partial charge < -0.3 is 14.7 Å².